The molecule has 0 spiro atoms. The van der Waals surface area contributed by atoms with Crippen LogP contribution in [-0.2, 0) is 30.3 Å². The number of nitrogens with zero attached hydrogens (tertiary/aromatic N) is 4. The van der Waals surface area contributed by atoms with Crippen molar-refractivity contribution in [2.75, 3.05) is 5.73 Å². The Bertz CT molecular complexity index is 1050. The molecule has 0 amide bonds. The molecule has 2 aromatic rings. The summed E-state index contributed by atoms with van der Waals surface area (Å²) in [5, 5.41) is 0.0386. The Balaban J connectivity index is 2.14. The average molecular weight is 456 g/mol. The molecule has 0 aliphatic carbocycles. The Labute approximate surface area is 183 Å². The molecule has 3 rings (SSSR count). The van der Waals surface area contributed by atoms with Gasteiger partial charge in [0.15, 0.2) is 17.0 Å². The van der Waals surface area contributed by atoms with Crippen LogP contribution in [0.4, 0.5) is 5.95 Å². The third kappa shape index (κ3) is 4.52. The van der Waals surface area contributed by atoms with Gasteiger partial charge in [-0.25, -0.2) is 9.36 Å². The van der Waals surface area contributed by atoms with Gasteiger partial charge in [-0.3, -0.25) is 14.2 Å². The van der Waals surface area contributed by atoms with Gasteiger partial charge in [0, 0.05) is 26.8 Å². The number of nitrogen functional groups attached to an aromatic ring is 1. The van der Waals surface area contributed by atoms with Crippen LogP contribution in [0, 0.1) is 0 Å². The second-order valence-corrected chi connectivity index (χ2v) is 7.71. The number of imidazole rings is 1. The smallest absolute Gasteiger partial charge is 0.332 e. The molecule has 11 nitrogen and oxygen atoms in total. The van der Waals surface area contributed by atoms with Crippen molar-refractivity contribution in [2.45, 2.75) is 78.0 Å². The van der Waals surface area contributed by atoms with E-state index in [0.29, 0.717) is 24.9 Å². The normalized spacial score (nSPS) is 21.9. The third-order valence-electron chi connectivity index (χ3n) is 5.03. The maximum absolute atomic E-state index is 13.3. The number of fused-ring (bicyclic) bond motifs is 1. The van der Waals surface area contributed by atoms with Crippen molar-refractivity contribution in [1.29, 1.82) is 0 Å². The van der Waals surface area contributed by atoms with Gasteiger partial charge in [0.1, 0.15) is 23.8 Å². The molecule has 2 N–H and O–H groups in total. The van der Waals surface area contributed by atoms with E-state index in [1.165, 1.54) is 23.0 Å². The summed E-state index contributed by atoms with van der Waals surface area (Å²) >= 11 is 6.29. The number of anilines is 1. The van der Waals surface area contributed by atoms with E-state index >= 15 is 0 Å². The molecule has 4 atom stereocenters. The largest absolute Gasteiger partial charge is 0.460 e. The first-order chi connectivity index (χ1) is 14.7. The van der Waals surface area contributed by atoms with Crippen LogP contribution in [0.25, 0.3) is 11.2 Å². The van der Waals surface area contributed by atoms with Crippen molar-refractivity contribution in [3.8, 4) is 0 Å². The highest BCUT2D eigenvalue weighted by molar-refractivity contribution is 6.33. The molecular formula is C19H26ClN5O6. The number of rotatable bonds is 7. The zero-order valence-corrected chi connectivity index (χ0v) is 18.6. The summed E-state index contributed by atoms with van der Waals surface area (Å²) < 4.78 is 19.7. The molecule has 31 heavy (non-hydrogen) atoms. The number of halogens is 1. The van der Waals surface area contributed by atoms with E-state index in [9.17, 15) is 14.4 Å². The Morgan fingerprint density at radius 2 is 2.00 bits per heavy atom. The van der Waals surface area contributed by atoms with E-state index in [0.717, 1.165) is 0 Å². The van der Waals surface area contributed by atoms with Crippen molar-refractivity contribution in [3.05, 3.63) is 15.6 Å². The lowest BCUT2D eigenvalue weighted by molar-refractivity contribution is -0.158. The lowest BCUT2D eigenvalue weighted by Crippen LogP contribution is -2.34. The summed E-state index contributed by atoms with van der Waals surface area (Å²) in [6.07, 6.45) is -1.59. The van der Waals surface area contributed by atoms with Crippen molar-refractivity contribution >= 4 is 40.7 Å². The van der Waals surface area contributed by atoms with Crippen LogP contribution in [0.5, 0.6) is 0 Å². The van der Waals surface area contributed by atoms with Crippen LogP contribution in [-0.4, -0.2) is 49.4 Å². The number of esters is 2. The number of aryl methyl sites for hydroxylation is 1. The van der Waals surface area contributed by atoms with Crippen LogP contribution in [0.15, 0.2) is 4.79 Å². The summed E-state index contributed by atoms with van der Waals surface area (Å²) in [5.41, 5.74) is 5.84. The van der Waals surface area contributed by atoms with E-state index in [1.54, 1.807) is 0 Å². The van der Waals surface area contributed by atoms with E-state index in [4.69, 9.17) is 31.5 Å². The van der Waals surface area contributed by atoms with Crippen LogP contribution in [0.1, 0.15) is 53.2 Å². The number of ether oxygens (including phenoxy) is 3. The molecule has 1 unspecified atom stereocenters. The monoisotopic (exact) mass is 455 g/mol. The van der Waals surface area contributed by atoms with Gasteiger partial charge in [0.25, 0.3) is 0 Å². The molecule has 2 aromatic heterocycles. The molecule has 1 aliphatic heterocycles. The third-order valence-corrected chi connectivity index (χ3v) is 5.29. The van der Waals surface area contributed by atoms with Gasteiger partial charge in [-0.15, -0.1) is 0 Å². The van der Waals surface area contributed by atoms with Crippen molar-refractivity contribution < 1.29 is 23.8 Å². The highest BCUT2D eigenvalue weighted by Crippen LogP contribution is 2.36. The Morgan fingerprint density at radius 3 is 2.58 bits per heavy atom. The first-order valence-electron chi connectivity index (χ1n) is 10.1. The Kier molecular flexibility index (Phi) is 6.85. The van der Waals surface area contributed by atoms with Gasteiger partial charge in [-0.1, -0.05) is 25.4 Å². The zero-order valence-electron chi connectivity index (χ0n) is 17.8. The minimum absolute atomic E-state index is 0.0386. The van der Waals surface area contributed by atoms with Crippen LogP contribution in [0.2, 0.25) is 5.15 Å². The standard InChI is InChI=1S/C19H26ClN5O6/c1-5-7-24-14-15(20)22-18(21)23-16(14)25(19(24)28)17-13(30-10(4)27)8-12(31-17)11(6-2)29-9(3)26/h11-13,17H,5-8H2,1-4H3,(H2,21,22,23)/t11?,12-,13+,17+/m0/s1. The first kappa shape index (κ1) is 23.0. The lowest BCUT2D eigenvalue weighted by atomic mass is 10.1. The van der Waals surface area contributed by atoms with Gasteiger partial charge in [0.05, 0.1) is 0 Å². The number of hydrogen-bond donors (Lipinski definition) is 1. The predicted molar refractivity (Wildman–Crippen MR) is 111 cm³/mol. The maximum atomic E-state index is 13.3. The van der Waals surface area contributed by atoms with E-state index in [-0.39, 0.29) is 23.2 Å². The highest BCUT2D eigenvalue weighted by atomic mass is 35.5. The number of carbonyl (C=O) groups excluding carboxylic acids is 2. The van der Waals surface area contributed by atoms with Gasteiger partial charge >= 0.3 is 17.6 Å². The number of aromatic nitrogens is 4. The van der Waals surface area contributed by atoms with E-state index in [1.807, 2.05) is 13.8 Å². The lowest BCUT2D eigenvalue weighted by Gasteiger charge is -2.22. The van der Waals surface area contributed by atoms with Crippen LogP contribution >= 0.6 is 11.6 Å². The van der Waals surface area contributed by atoms with Gasteiger partial charge in [-0.05, 0) is 12.8 Å². The molecule has 0 aromatic carbocycles. The summed E-state index contributed by atoms with van der Waals surface area (Å²) in [6, 6.07) is 0. The molecule has 0 radical (unpaired) electrons. The van der Waals surface area contributed by atoms with Crippen molar-refractivity contribution in [3.63, 3.8) is 0 Å². The first-order valence-corrected chi connectivity index (χ1v) is 10.5. The molecular weight excluding hydrogens is 430 g/mol. The maximum Gasteiger partial charge on any atom is 0.332 e. The fourth-order valence-electron chi connectivity index (χ4n) is 3.90. The average Bonchev–Trinajstić information content (AvgIpc) is 3.18. The molecule has 1 aliphatic rings. The topological polar surface area (TPSA) is 141 Å². The van der Waals surface area contributed by atoms with E-state index in [2.05, 4.69) is 9.97 Å². The van der Waals surface area contributed by atoms with Crippen LogP contribution < -0.4 is 11.4 Å². The van der Waals surface area contributed by atoms with Gasteiger partial charge in [0.2, 0.25) is 5.95 Å². The van der Waals surface area contributed by atoms with Gasteiger partial charge in [-0.2, -0.15) is 9.97 Å². The Morgan fingerprint density at radius 1 is 1.29 bits per heavy atom. The highest BCUT2D eigenvalue weighted by Gasteiger charge is 2.45. The SMILES string of the molecule is CCCn1c(=O)n([C@@H]2O[C@H](C(CC)OC(C)=O)C[C@H]2OC(C)=O)c2nc(N)nc(Cl)c21. The molecule has 170 valence electrons. The summed E-state index contributed by atoms with van der Waals surface area (Å²) in [5.74, 6) is -1.09. The number of carbonyl (C=O) groups is 2. The molecule has 12 heteroatoms. The fraction of sp³-hybridized carbons (Fsp3) is 0.632. The minimum atomic E-state index is -1.00. The molecule has 1 fully saturated rings. The van der Waals surface area contributed by atoms with Crippen LogP contribution in [0.3, 0.4) is 0 Å². The summed E-state index contributed by atoms with van der Waals surface area (Å²) in [6.45, 7) is 6.71. The Hall–Kier alpha value is -2.66. The fourth-order valence-corrected chi connectivity index (χ4v) is 4.17. The molecule has 0 saturated carbocycles. The molecule has 0 bridgehead atoms. The molecule has 1 saturated heterocycles. The van der Waals surface area contributed by atoms with Crippen molar-refractivity contribution in [1.82, 2.24) is 19.1 Å². The van der Waals surface area contributed by atoms with Gasteiger partial charge < -0.3 is 19.9 Å². The minimum Gasteiger partial charge on any atom is -0.460 e. The second kappa shape index (κ2) is 9.23. The predicted octanol–water partition coefficient (Wildman–Crippen LogP) is 1.80. The number of hydrogen-bond acceptors (Lipinski definition) is 9. The quantitative estimate of drug-likeness (QED) is 0.488. The van der Waals surface area contributed by atoms with E-state index < -0.39 is 42.2 Å². The zero-order chi connectivity index (χ0) is 22.9. The summed E-state index contributed by atoms with van der Waals surface area (Å²) in [7, 11) is 0. The molecule has 3 heterocycles. The number of nitrogens with two attached hydrogens (primary N) is 1. The second-order valence-electron chi connectivity index (χ2n) is 7.35. The summed E-state index contributed by atoms with van der Waals surface area (Å²) in [4.78, 5) is 44.7. The van der Waals surface area contributed by atoms with Crippen molar-refractivity contribution in [2.24, 2.45) is 0 Å².